The zero-order valence-electron chi connectivity index (χ0n) is 11.6. The fourth-order valence-corrected chi connectivity index (χ4v) is 4.07. The van der Waals surface area contributed by atoms with Gasteiger partial charge in [-0.15, -0.1) is 0 Å². The van der Waals surface area contributed by atoms with Crippen molar-refractivity contribution < 1.29 is 27.1 Å². The van der Waals surface area contributed by atoms with Crippen molar-refractivity contribution in [2.45, 2.75) is 51.5 Å². The molecule has 0 spiro atoms. The molecular formula is C12H21F2NO4S. The van der Waals surface area contributed by atoms with Crippen LogP contribution in [0.2, 0.25) is 0 Å². The van der Waals surface area contributed by atoms with Gasteiger partial charge in [-0.3, -0.25) is 4.79 Å². The molecular weight excluding hydrogens is 292 g/mol. The summed E-state index contributed by atoms with van der Waals surface area (Å²) in [4.78, 5) is 11.0. The molecule has 1 rings (SSSR count). The van der Waals surface area contributed by atoms with Crippen LogP contribution in [0, 0.1) is 11.8 Å². The van der Waals surface area contributed by atoms with Crippen molar-refractivity contribution in [2.75, 3.05) is 5.75 Å². The molecule has 1 aliphatic rings. The van der Waals surface area contributed by atoms with Gasteiger partial charge in [0.25, 0.3) is 5.92 Å². The maximum atomic E-state index is 13.4. The number of rotatable bonds is 7. The maximum absolute atomic E-state index is 13.4. The number of carboxylic acid groups (broad SMARTS) is 1. The summed E-state index contributed by atoms with van der Waals surface area (Å²) in [6, 6.07) is -1.27. The normalized spacial score (nSPS) is 23.9. The Balaban J connectivity index is 2.70. The zero-order valence-corrected chi connectivity index (χ0v) is 12.4. The molecule has 0 aromatic heterocycles. The number of halogens is 2. The van der Waals surface area contributed by atoms with Crippen molar-refractivity contribution in [1.82, 2.24) is 4.72 Å². The van der Waals surface area contributed by atoms with Gasteiger partial charge in [0.2, 0.25) is 10.0 Å². The molecule has 118 valence electrons. The van der Waals surface area contributed by atoms with Crippen molar-refractivity contribution in [3.63, 3.8) is 0 Å². The summed E-state index contributed by atoms with van der Waals surface area (Å²) in [5.41, 5.74) is 0. The average Bonchev–Trinajstić information content (AvgIpc) is 2.55. The lowest BCUT2D eigenvalue weighted by atomic mass is 10.1. The molecule has 8 heteroatoms. The minimum atomic E-state index is -4.04. The molecule has 1 fully saturated rings. The van der Waals surface area contributed by atoms with Gasteiger partial charge >= 0.3 is 5.97 Å². The third-order valence-electron chi connectivity index (χ3n) is 3.41. The maximum Gasteiger partial charge on any atom is 0.321 e. The zero-order chi connectivity index (χ0) is 15.6. The van der Waals surface area contributed by atoms with Gasteiger partial charge in [0.05, 0.1) is 5.75 Å². The van der Waals surface area contributed by atoms with Crippen LogP contribution in [0.5, 0.6) is 0 Å². The molecule has 20 heavy (non-hydrogen) atoms. The van der Waals surface area contributed by atoms with E-state index in [1.807, 2.05) is 4.72 Å². The molecule has 0 radical (unpaired) electrons. The van der Waals surface area contributed by atoms with Crippen molar-refractivity contribution in [3.8, 4) is 0 Å². The van der Waals surface area contributed by atoms with E-state index in [2.05, 4.69) is 0 Å². The Kier molecular flexibility index (Phi) is 5.48. The molecule has 2 atom stereocenters. The van der Waals surface area contributed by atoms with Crippen LogP contribution in [-0.4, -0.2) is 37.2 Å². The van der Waals surface area contributed by atoms with Gasteiger partial charge in [0.1, 0.15) is 6.04 Å². The number of aliphatic carboxylic acids is 1. The van der Waals surface area contributed by atoms with Crippen LogP contribution in [0.3, 0.4) is 0 Å². The Morgan fingerprint density at radius 2 is 2.05 bits per heavy atom. The van der Waals surface area contributed by atoms with Crippen LogP contribution in [0.4, 0.5) is 8.78 Å². The van der Waals surface area contributed by atoms with E-state index < -0.39 is 39.6 Å². The first-order valence-corrected chi connectivity index (χ1v) is 8.29. The van der Waals surface area contributed by atoms with Gasteiger partial charge in [-0.1, -0.05) is 13.8 Å². The summed E-state index contributed by atoms with van der Waals surface area (Å²) >= 11 is 0. The van der Waals surface area contributed by atoms with Crippen molar-refractivity contribution in [1.29, 1.82) is 0 Å². The first kappa shape index (κ1) is 17.3. The van der Waals surface area contributed by atoms with Crippen LogP contribution < -0.4 is 4.72 Å². The van der Waals surface area contributed by atoms with E-state index in [0.717, 1.165) is 0 Å². The lowest BCUT2D eigenvalue weighted by Crippen LogP contribution is -2.44. The highest BCUT2D eigenvalue weighted by atomic mass is 32.2. The van der Waals surface area contributed by atoms with Gasteiger partial charge in [0.15, 0.2) is 0 Å². The van der Waals surface area contributed by atoms with E-state index in [1.165, 1.54) is 0 Å². The quantitative estimate of drug-likeness (QED) is 0.751. The van der Waals surface area contributed by atoms with Crippen LogP contribution >= 0.6 is 0 Å². The monoisotopic (exact) mass is 313 g/mol. The first-order chi connectivity index (χ1) is 9.03. The minimum Gasteiger partial charge on any atom is -0.480 e. The van der Waals surface area contributed by atoms with Gasteiger partial charge in [-0.05, 0) is 25.2 Å². The predicted molar refractivity (Wildman–Crippen MR) is 70.1 cm³/mol. The molecule has 1 aliphatic carbocycles. The summed E-state index contributed by atoms with van der Waals surface area (Å²) in [7, 11) is -4.04. The smallest absolute Gasteiger partial charge is 0.321 e. The van der Waals surface area contributed by atoms with Gasteiger partial charge in [0, 0.05) is 12.3 Å². The minimum absolute atomic E-state index is 0.0216. The third-order valence-corrected chi connectivity index (χ3v) is 4.89. The van der Waals surface area contributed by atoms with Crippen molar-refractivity contribution in [3.05, 3.63) is 0 Å². The number of alkyl halides is 2. The second-order valence-electron chi connectivity index (χ2n) is 5.77. The highest BCUT2D eigenvalue weighted by Crippen LogP contribution is 2.40. The summed E-state index contributed by atoms with van der Waals surface area (Å²) in [6.45, 7) is 3.52. The third kappa shape index (κ3) is 4.97. The van der Waals surface area contributed by atoms with E-state index in [4.69, 9.17) is 5.11 Å². The molecule has 1 saturated carbocycles. The predicted octanol–water partition coefficient (Wildman–Crippen LogP) is 1.84. The van der Waals surface area contributed by atoms with Gasteiger partial charge < -0.3 is 5.11 Å². The number of carboxylic acids is 1. The van der Waals surface area contributed by atoms with Crippen LogP contribution in [0.25, 0.3) is 0 Å². The molecule has 0 amide bonds. The summed E-state index contributed by atoms with van der Waals surface area (Å²) in [5, 5.41) is 8.97. The van der Waals surface area contributed by atoms with E-state index in [9.17, 15) is 22.0 Å². The molecule has 0 aliphatic heterocycles. The number of hydrogen-bond donors (Lipinski definition) is 2. The number of sulfonamides is 1. The molecule has 5 nitrogen and oxygen atoms in total. The molecule has 0 heterocycles. The summed E-state index contributed by atoms with van der Waals surface area (Å²) in [6.07, 6.45) is 0.258. The fraction of sp³-hybridized carbons (Fsp3) is 0.917. The second kappa shape index (κ2) is 6.34. The molecule has 0 aromatic carbocycles. The topological polar surface area (TPSA) is 83.5 Å². The lowest BCUT2D eigenvalue weighted by molar-refractivity contribution is -0.139. The first-order valence-electron chi connectivity index (χ1n) is 6.64. The highest BCUT2D eigenvalue weighted by molar-refractivity contribution is 7.89. The fourth-order valence-electron chi connectivity index (χ4n) is 2.41. The average molecular weight is 313 g/mol. The molecule has 0 bridgehead atoms. The Morgan fingerprint density at radius 1 is 1.45 bits per heavy atom. The Bertz CT molecular complexity index is 450. The molecule has 2 unspecified atom stereocenters. The van der Waals surface area contributed by atoms with E-state index in [1.54, 1.807) is 13.8 Å². The van der Waals surface area contributed by atoms with Crippen LogP contribution in [0.15, 0.2) is 0 Å². The van der Waals surface area contributed by atoms with Crippen LogP contribution in [-0.2, 0) is 14.8 Å². The van der Waals surface area contributed by atoms with E-state index in [0.29, 0.717) is 6.42 Å². The SMILES string of the molecule is CC(C)CC(NS(=O)(=O)CC1CCCC1(F)F)C(=O)O. The molecule has 0 saturated heterocycles. The number of hydrogen-bond acceptors (Lipinski definition) is 3. The van der Waals surface area contributed by atoms with E-state index >= 15 is 0 Å². The highest BCUT2D eigenvalue weighted by Gasteiger charge is 2.46. The number of carbonyl (C=O) groups is 1. The van der Waals surface area contributed by atoms with Crippen LogP contribution in [0.1, 0.15) is 39.5 Å². The Morgan fingerprint density at radius 3 is 2.45 bits per heavy atom. The van der Waals surface area contributed by atoms with Crippen molar-refractivity contribution >= 4 is 16.0 Å². The molecule has 2 N–H and O–H groups in total. The largest absolute Gasteiger partial charge is 0.480 e. The lowest BCUT2D eigenvalue weighted by Gasteiger charge is -2.21. The van der Waals surface area contributed by atoms with Gasteiger partial charge in [-0.25, -0.2) is 21.9 Å². The Hall–Kier alpha value is -0.760. The summed E-state index contributed by atoms with van der Waals surface area (Å²) < 4.78 is 52.6. The van der Waals surface area contributed by atoms with Crippen molar-refractivity contribution in [2.24, 2.45) is 11.8 Å². The van der Waals surface area contributed by atoms with Gasteiger partial charge in [-0.2, -0.15) is 0 Å². The molecule has 0 aromatic rings. The standard InChI is InChI=1S/C12H21F2NO4S/c1-8(2)6-10(11(16)17)15-20(18,19)7-9-4-3-5-12(9,13)14/h8-10,15H,3-7H2,1-2H3,(H,16,17). The summed E-state index contributed by atoms with van der Waals surface area (Å²) in [5.74, 6) is -6.24. The van der Waals surface area contributed by atoms with E-state index in [-0.39, 0.29) is 25.2 Å². The number of nitrogens with one attached hydrogen (secondary N) is 1. The second-order valence-corrected chi connectivity index (χ2v) is 7.57. The Labute approximate surface area is 117 Å².